The van der Waals surface area contributed by atoms with Crippen molar-refractivity contribution >= 4 is 34.7 Å². The molecule has 3 aromatic rings. The fraction of sp³-hybridized carbons (Fsp3) is 0.214. The van der Waals surface area contributed by atoms with E-state index in [1.54, 1.807) is 49.6 Å². The average Bonchev–Trinajstić information content (AvgIpc) is 3.13. The van der Waals surface area contributed by atoms with Crippen molar-refractivity contribution < 1.29 is 29.3 Å². The number of hydrogen-bond acceptors (Lipinski definition) is 6. The van der Waals surface area contributed by atoms with Crippen LogP contribution in [0.1, 0.15) is 42.5 Å². The average molecular weight is 508 g/mol. The number of benzene rings is 3. The van der Waals surface area contributed by atoms with E-state index >= 15 is 0 Å². The summed E-state index contributed by atoms with van der Waals surface area (Å²) in [6.45, 7) is 3.98. The molecule has 0 spiro atoms. The first-order valence-corrected chi connectivity index (χ1v) is 11.7. The largest absolute Gasteiger partial charge is 0.508 e. The van der Waals surface area contributed by atoms with Crippen molar-refractivity contribution in [3.8, 4) is 17.2 Å². The summed E-state index contributed by atoms with van der Waals surface area (Å²) in [5, 5.41) is 21.5. The number of aliphatic hydroxyl groups excluding tert-OH is 1. The molecule has 3 aromatic carbocycles. The van der Waals surface area contributed by atoms with Gasteiger partial charge in [-0.3, -0.25) is 14.5 Å². The fourth-order valence-electron chi connectivity index (χ4n) is 4.36. The number of rotatable bonds is 6. The van der Waals surface area contributed by atoms with Crippen LogP contribution < -0.4 is 14.4 Å². The van der Waals surface area contributed by atoms with E-state index in [-0.39, 0.29) is 28.0 Å². The Kier molecular flexibility index (Phi) is 6.95. The number of carbonyl (C=O) groups excluding carboxylic acids is 2. The molecule has 0 aliphatic carbocycles. The van der Waals surface area contributed by atoms with Crippen LogP contribution in [-0.4, -0.2) is 36.1 Å². The number of Topliss-reactive ketones (excluding diaryl/α,β-unsaturated/α-hetero) is 1. The Morgan fingerprint density at radius 1 is 0.944 bits per heavy atom. The molecule has 2 N–H and O–H groups in total. The van der Waals surface area contributed by atoms with Crippen LogP contribution in [0, 0.1) is 0 Å². The molecule has 0 bridgehead atoms. The number of aliphatic hydroxyl groups is 1. The van der Waals surface area contributed by atoms with Gasteiger partial charge in [0.15, 0.2) is 0 Å². The fourth-order valence-corrected chi connectivity index (χ4v) is 4.62. The summed E-state index contributed by atoms with van der Waals surface area (Å²) in [5.41, 5.74) is 2.04. The maximum absolute atomic E-state index is 13.4. The number of ether oxygens (including phenoxy) is 2. The number of phenolic OH excluding ortho intramolecular Hbond substituents is 1. The number of anilines is 1. The summed E-state index contributed by atoms with van der Waals surface area (Å²) in [6.07, 6.45) is 0. The highest BCUT2D eigenvalue weighted by Crippen LogP contribution is 2.44. The van der Waals surface area contributed by atoms with Gasteiger partial charge in [-0.25, -0.2) is 0 Å². The second-order valence-corrected chi connectivity index (χ2v) is 9.10. The summed E-state index contributed by atoms with van der Waals surface area (Å²) in [5.74, 6) is -0.766. The van der Waals surface area contributed by atoms with Crippen molar-refractivity contribution in [2.75, 3.05) is 19.1 Å². The van der Waals surface area contributed by atoms with E-state index in [2.05, 4.69) is 0 Å². The smallest absolute Gasteiger partial charge is 0.300 e. The Labute approximate surface area is 214 Å². The lowest BCUT2D eigenvalue weighted by atomic mass is 9.93. The second kappa shape index (κ2) is 9.95. The number of aromatic hydroxyl groups is 1. The van der Waals surface area contributed by atoms with E-state index in [4.69, 9.17) is 21.1 Å². The predicted octanol–water partition coefficient (Wildman–Crippen LogP) is 5.81. The topological polar surface area (TPSA) is 96.3 Å². The van der Waals surface area contributed by atoms with Crippen LogP contribution in [0.15, 0.2) is 66.2 Å². The van der Waals surface area contributed by atoms with E-state index in [0.717, 1.165) is 5.56 Å². The molecule has 1 aliphatic rings. The van der Waals surface area contributed by atoms with Crippen molar-refractivity contribution in [3.05, 3.63) is 87.9 Å². The molecule has 0 saturated carbocycles. The molecule has 1 heterocycles. The van der Waals surface area contributed by atoms with Gasteiger partial charge in [0.25, 0.3) is 11.7 Å². The van der Waals surface area contributed by atoms with E-state index in [1.165, 1.54) is 30.2 Å². The molecule has 186 valence electrons. The van der Waals surface area contributed by atoms with E-state index in [1.807, 2.05) is 13.8 Å². The van der Waals surface area contributed by atoms with Crippen molar-refractivity contribution in [3.63, 3.8) is 0 Å². The van der Waals surface area contributed by atoms with Crippen molar-refractivity contribution in [1.29, 1.82) is 0 Å². The number of phenols is 1. The number of methoxy groups -OCH3 is 2. The lowest BCUT2D eigenvalue weighted by molar-refractivity contribution is -0.132. The molecule has 0 radical (unpaired) electrons. The Hall–Kier alpha value is -3.97. The number of hydrogen-bond donors (Lipinski definition) is 2. The first kappa shape index (κ1) is 25.1. The molecule has 4 rings (SSSR count). The first-order chi connectivity index (χ1) is 17.2. The monoisotopic (exact) mass is 507 g/mol. The summed E-state index contributed by atoms with van der Waals surface area (Å²) < 4.78 is 10.7. The van der Waals surface area contributed by atoms with Gasteiger partial charge in [0, 0.05) is 11.3 Å². The molecule has 1 saturated heterocycles. The van der Waals surface area contributed by atoms with Crippen LogP contribution in [0.3, 0.4) is 0 Å². The number of halogens is 1. The van der Waals surface area contributed by atoms with Gasteiger partial charge in [-0.05, 0) is 65.6 Å². The normalized spacial score (nSPS) is 17.1. The number of amides is 1. The van der Waals surface area contributed by atoms with Gasteiger partial charge in [-0.1, -0.05) is 37.6 Å². The Bertz CT molecular complexity index is 1360. The van der Waals surface area contributed by atoms with Crippen molar-refractivity contribution in [1.82, 2.24) is 0 Å². The van der Waals surface area contributed by atoms with Gasteiger partial charge < -0.3 is 19.7 Å². The van der Waals surface area contributed by atoms with Crippen LogP contribution in [-0.2, 0) is 9.59 Å². The lowest BCUT2D eigenvalue weighted by Gasteiger charge is -2.26. The van der Waals surface area contributed by atoms with Gasteiger partial charge in [0.2, 0.25) is 0 Å². The number of carbonyl (C=O) groups is 2. The molecule has 1 atom stereocenters. The maximum atomic E-state index is 13.4. The molecule has 1 unspecified atom stereocenters. The van der Waals surface area contributed by atoms with Gasteiger partial charge in [0.05, 0.1) is 30.9 Å². The molecular formula is C28H26ClNO6. The quantitative estimate of drug-likeness (QED) is 0.248. The SMILES string of the molecule is COc1ccc(N2C(=O)C(=O)/C(=C(\O)c3ccc(OC)c(C(C)C)c3)C2c2ccc(O)cc2)cc1Cl. The van der Waals surface area contributed by atoms with E-state index in [0.29, 0.717) is 28.3 Å². The highest BCUT2D eigenvalue weighted by Gasteiger charge is 2.47. The minimum atomic E-state index is -0.959. The highest BCUT2D eigenvalue weighted by atomic mass is 35.5. The van der Waals surface area contributed by atoms with Gasteiger partial charge in [-0.15, -0.1) is 0 Å². The second-order valence-electron chi connectivity index (χ2n) is 8.69. The third kappa shape index (κ3) is 4.38. The summed E-state index contributed by atoms with van der Waals surface area (Å²) >= 11 is 6.32. The number of nitrogens with zero attached hydrogens (tertiary/aromatic N) is 1. The molecule has 0 aromatic heterocycles. The van der Waals surface area contributed by atoms with Crippen LogP contribution >= 0.6 is 11.6 Å². The summed E-state index contributed by atoms with van der Waals surface area (Å²) in [6, 6.07) is 15.0. The Morgan fingerprint density at radius 2 is 1.58 bits per heavy atom. The minimum Gasteiger partial charge on any atom is -0.508 e. The molecule has 36 heavy (non-hydrogen) atoms. The van der Waals surface area contributed by atoms with Crippen LogP contribution in [0.25, 0.3) is 5.76 Å². The van der Waals surface area contributed by atoms with E-state index < -0.39 is 17.7 Å². The zero-order chi connectivity index (χ0) is 26.1. The van der Waals surface area contributed by atoms with Crippen LogP contribution in [0.4, 0.5) is 5.69 Å². The van der Waals surface area contributed by atoms with Gasteiger partial charge in [-0.2, -0.15) is 0 Å². The third-order valence-electron chi connectivity index (χ3n) is 6.19. The molecule has 8 heteroatoms. The molecule has 1 aliphatic heterocycles. The highest BCUT2D eigenvalue weighted by molar-refractivity contribution is 6.51. The zero-order valence-corrected chi connectivity index (χ0v) is 21.0. The lowest BCUT2D eigenvalue weighted by Crippen LogP contribution is -2.29. The molecule has 1 fully saturated rings. The predicted molar refractivity (Wildman–Crippen MR) is 138 cm³/mol. The van der Waals surface area contributed by atoms with Crippen molar-refractivity contribution in [2.45, 2.75) is 25.8 Å². The van der Waals surface area contributed by atoms with Crippen molar-refractivity contribution in [2.24, 2.45) is 0 Å². The summed E-state index contributed by atoms with van der Waals surface area (Å²) in [7, 11) is 3.04. The first-order valence-electron chi connectivity index (χ1n) is 11.3. The van der Waals surface area contributed by atoms with E-state index in [9.17, 15) is 19.8 Å². The summed E-state index contributed by atoms with van der Waals surface area (Å²) in [4.78, 5) is 28.0. The maximum Gasteiger partial charge on any atom is 0.300 e. The Balaban J connectivity index is 1.94. The standard InChI is InChI=1S/C28H26ClNO6/c1-15(2)20-13-17(7-11-22(20)35-3)26(32)24-25(16-5-9-19(31)10-6-16)30(28(34)27(24)33)18-8-12-23(36-4)21(29)14-18/h5-15,25,31-32H,1-4H3/b26-24-. The molecule has 1 amide bonds. The van der Waals surface area contributed by atoms with Gasteiger partial charge in [0.1, 0.15) is 23.0 Å². The van der Waals surface area contributed by atoms with Crippen LogP contribution in [0.5, 0.6) is 17.2 Å². The minimum absolute atomic E-state index is 0.0277. The number of ketones is 1. The third-order valence-corrected chi connectivity index (χ3v) is 6.49. The zero-order valence-electron chi connectivity index (χ0n) is 20.3. The van der Waals surface area contributed by atoms with Crippen LogP contribution in [0.2, 0.25) is 5.02 Å². The molecular weight excluding hydrogens is 482 g/mol. The van der Waals surface area contributed by atoms with Gasteiger partial charge >= 0.3 is 0 Å². The molecule has 7 nitrogen and oxygen atoms in total. The Morgan fingerprint density at radius 3 is 2.17 bits per heavy atom.